The third-order valence-electron chi connectivity index (χ3n) is 5.61. The average molecular weight is 452 g/mol. The lowest BCUT2D eigenvalue weighted by atomic mass is 10.1. The van der Waals surface area contributed by atoms with Crippen molar-refractivity contribution < 1.29 is 9.53 Å². The summed E-state index contributed by atoms with van der Waals surface area (Å²) in [5.41, 5.74) is 1.73. The number of hydrogen-bond donors (Lipinski definition) is 1. The Kier molecular flexibility index (Phi) is 6.09. The van der Waals surface area contributed by atoms with Gasteiger partial charge < -0.3 is 14.6 Å². The van der Waals surface area contributed by atoms with Gasteiger partial charge in [-0.25, -0.2) is 9.97 Å². The largest absolute Gasteiger partial charge is 0.497 e. The molecular formula is C23H25N5O3S. The van der Waals surface area contributed by atoms with E-state index in [0.29, 0.717) is 11.2 Å². The number of fused-ring (bicyclic) bond motifs is 1. The number of carbonyl (C=O) groups excluding carboxylic acids is 1. The number of carbonyl (C=O) groups is 1. The van der Waals surface area contributed by atoms with E-state index in [-0.39, 0.29) is 24.4 Å². The van der Waals surface area contributed by atoms with Crippen LogP contribution in [0.2, 0.25) is 0 Å². The highest BCUT2D eigenvalue weighted by atomic mass is 32.1. The lowest BCUT2D eigenvalue weighted by molar-refractivity contribution is -0.121. The number of nitrogens with one attached hydrogen (secondary N) is 1. The van der Waals surface area contributed by atoms with Crippen LogP contribution in [0.4, 0.5) is 0 Å². The van der Waals surface area contributed by atoms with E-state index in [0.717, 1.165) is 26.6 Å². The molecule has 0 bridgehead atoms. The van der Waals surface area contributed by atoms with Crippen LogP contribution in [0.15, 0.2) is 47.8 Å². The van der Waals surface area contributed by atoms with Crippen LogP contribution in [0.25, 0.3) is 10.2 Å². The molecule has 0 saturated heterocycles. The Hall–Kier alpha value is -3.46. The summed E-state index contributed by atoms with van der Waals surface area (Å²) in [4.78, 5) is 36.4. The van der Waals surface area contributed by atoms with Crippen LogP contribution in [0.1, 0.15) is 34.3 Å². The van der Waals surface area contributed by atoms with Crippen LogP contribution in [-0.2, 0) is 18.4 Å². The third-order valence-corrected chi connectivity index (χ3v) is 6.72. The number of rotatable bonds is 7. The van der Waals surface area contributed by atoms with Crippen molar-refractivity contribution in [2.24, 2.45) is 7.05 Å². The summed E-state index contributed by atoms with van der Waals surface area (Å²) >= 11 is 1.51. The second-order valence-corrected chi connectivity index (χ2v) is 8.83. The SMILES string of the molecule is COc1ccc(C(NC(=O)CCn2cnc3sc(C)c(C)c3c2=O)c2nccn2C)cc1. The fourth-order valence-corrected chi connectivity index (χ4v) is 4.62. The van der Waals surface area contributed by atoms with Crippen molar-refractivity contribution in [3.8, 4) is 5.75 Å². The van der Waals surface area contributed by atoms with Crippen LogP contribution in [0.3, 0.4) is 0 Å². The predicted octanol–water partition coefficient (Wildman–Crippen LogP) is 3.11. The molecule has 1 unspecified atom stereocenters. The molecular weight excluding hydrogens is 426 g/mol. The van der Waals surface area contributed by atoms with Crippen molar-refractivity contribution in [1.29, 1.82) is 0 Å². The summed E-state index contributed by atoms with van der Waals surface area (Å²) in [6.45, 7) is 4.16. The summed E-state index contributed by atoms with van der Waals surface area (Å²) in [7, 11) is 3.50. The minimum absolute atomic E-state index is 0.111. The van der Waals surface area contributed by atoms with E-state index in [2.05, 4.69) is 15.3 Å². The summed E-state index contributed by atoms with van der Waals surface area (Å²) in [5.74, 6) is 1.27. The van der Waals surface area contributed by atoms with E-state index in [1.165, 1.54) is 22.2 Å². The molecule has 0 spiro atoms. The monoisotopic (exact) mass is 451 g/mol. The predicted molar refractivity (Wildman–Crippen MR) is 124 cm³/mol. The molecule has 3 aromatic heterocycles. The first-order valence-electron chi connectivity index (χ1n) is 10.2. The van der Waals surface area contributed by atoms with Crippen LogP contribution < -0.4 is 15.6 Å². The Labute approximate surface area is 189 Å². The Bertz CT molecular complexity index is 1320. The van der Waals surface area contributed by atoms with E-state index in [9.17, 15) is 9.59 Å². The normalized spacial score (nSPS) is 12.1. The minimum atomic E-state index is -0.424. The molecule has 9 heteroatoms. The summed E-state index contributed by atoms with van der Waals surface area (Å²) in [5, 5.41) is 3.70. The first kappa shape index (κ1) is 21.8. The molecule has 4 rings (SSSR count). The van der Waals surface area contributed by atoms with Gasteiger partial charge >= 0.3 is 0 Å². The maximum Gasteiger partial charge on any atom is 0.262 e. The van der Waals surface area contributed by atoms with E-state index < -0.39 is 6.04 Å². The lowest BCUT2D eigenvalue weighted by Crippen LogP contribution is -2.32. The lowest BCUT2D eigenvalue weighted by Gasteiger charge is -2.19. The second-order valence-electron chi connectivity index (χ2n) is 7.63. The van der Waals surface area contributed by atoms with Gasteiger partial charge in [0.05, 0.1) is 18.8 Å². The van der Waals surface area contributed by atoms with Crippen molar-refractivity contribution in [3.05, 3.63) is 75.2 Å². The zero-order valence-corrected chi connectivity index (χ0v) is 19.3. The van der Waals surface area contributed by atoms with Crippen molar-refractivity contribution in [2.45, 2.75) is 32.9 Å². The molecule has 166 valence electrons. The molecule has 1 amide bonds. The number of methoxy groups -OCH3 is 1. The van der Waals surface area contributed by atoms with Gasteiger partial charge in [0.15, 0.2) is 0 Å². The van der Waals surface area contributed by atoms with Gasteiger partial charge in [0.2, 0.25) is 5.91 Å². The van der Waals surface area contributed by atoms with Gasteiger partial charge in [-0.3, -0.25) is 14.2 Å². The first-order valence-corrected chi connectivity index (χ1v) is 11.1. The van der Waals surface area contributed by atoms with Gasteiger partial charge in [0.1, 0.15) is 22.4 Å². The van der Waals surface area contributed by atoms with E-state index >= 15 is 0 Å². The van der Waals surface area contributed by atoms with Crippen LogP contribution in [0.5, 0.6) is 5.75 Å². The van der Waals surface area contributed by atoms with Gasteiger partial charge in [0.25, 0.3) is 5.56 Å². The first-order chi connectivity index (χ1) is 15.4. The Morgan fingerprint density at radius 1 is 1.22 bits per heavy atom. The molecule has 0 aliphatic heterocycles. The molecule has 0 radical (unpaired) electrons. The molecule has 0 aliphatic carbocycles. The van der Waals surface area contributed by atoms with Crippen molar-refractivity contribution >= 4 is 27.5 Å². The second kappa shape index (κ2) is 8.96. The van der Waals surface area contributed by atoms with Gasteiger partial charge in [-0.2, -0.15) is 0 Å². The number of nitrogens with zero attached hydrogens (tertiary/aromatic N) is 4. The Morgan fingerprint density at radius 3 is 2.62 bits per heavy atom. The van der Waals surface area contributed by atoms with Crippen LogP contribution in [-0.4, -0.2) is 32.1 Å². The van der Waals surface area contributed by atoms with Crippen molar-refractivity contribution in [3.63, 3.8) is 0 Å². The van der Waals surface area contributed by atoms with Gasteiger partial charge in [-0.15, -0.1) is 11.3 Å². The van der Waals surface area contributed by atoms with Gasteiger partial charge in [0, 0.05) is 37.3 Å². The topological polar surface area (TPSA) is 91.0 Å². The number of amides is 1. The molecule has 1 atom stereocenters. The number of ether oxygens (including phenoxy) is 1. The fourth-order valence-electron chi connectivity index (χ4n) is 3.63. The van der Waals surface area contributed by atoms with Gasteiger partial charge in [-0.05, 0) is 37.1 Å². The standard InChI is InChI=1S/C23H25N5O3S/c1-14-15(2)32-22-19(14)23(30)28(13-25-22)11-9-18(29)26-20(21-24-10-12-27(21)3)16-5-7-17(31-4)8-6-16/h5-8,10,12-13,20H,9,11H2,1-4H3,(H,26,29). The van der Waals surface area contributed by atoms with E-state index in [1.807, 2.05) is 55.9 Å². The van der Waals surface area contributed by atoms with E-state index in [1.54, 1.807) is 13.3 Å². The smallest absolute Gasteiger partial charge is 0.262 e. The highest BCUT2D eigenvalue weighted by molar-refractivity contribution is 7.18. The number of aryl methyl sites for hydroxylation is 4. The molecule has 0 saturated carbocycles. The molecule has 4 aromatic rings. The highest BCUT2D eigenvalue weighted by Gasteiger charge is 2.21. The maximum atomic E-state index is 12.9. The molecule has 3 heterocycles. The van der Waals surface area contributed by atoms with Gasteiger partial charge in [-0.1, -0.05) is 12.1 Å². The Balaban J connectivity index is 1.53. The number of hydrogen-bond acceptors (Lipinski definition) is 6. The number of benzene rings is 1. The molecule has 0 aliphatic rings. The molecule has 32 heavy (non-hydrogen) atoms. The summed E-state index contributed by atoms with van der Waals surface area (Å²) in [6.07, 6.45) is 5.20. The molecule has 8 nitrogen and oxygen atoms in total. The average Bonchev–Trinajstić information content (AvgIpc) is 3.34. The number of thiophene rings is 1. The molecule has 1 aromatic carbocycles. The fraction of sp³-hybridized carbons (Fsp3) is 0.304. The van der Waals surface area contributed by atoms with Crippen LogP contribution in [0, 0.1) is 13.8 Å². The van der Waals surface area contributed by atoms with Crippen molar-refractivity contribution in [2.75, 3.05) is 7.11 Å². The molecule has 0 fully saturated rings. The highest BCUT2D eigenvalue weighted by Crippen LogP contribution is 2.26. The number of imidazole rings is 1. The quantitative estimate of drug-likeness (QED) is 0.466. The van der Waals surface area contributed by atoms with Crippen LogP contribution >= 0.6 is 11.3 Å². The van der Waals surface area contributed by atoms with E-state index in [4.69, 9.17) is 4.74 Å². The minimum Gasteiger partial charge on any atom is -0.497 e. The zero-order chi connectivity index (χ0) is 22.8. The summed E-state index contributed by atoms with van der Waals surface area (Å²) in [6, 6.07) is 7.09. The Morgan fingerprint density at radius 2 is 1.97 bits per heavy atom. The molecule has 1 N–H and O–H groups in total. The summed E-state index contributed by atoms with van der Waals surface area (Å²) < 4.78 is 8.62. The third kappa shape index (κ3) is 4.16. The zero-order valence-electron chi connectivity index (χ0n) is 18.5. The number of aromatic nitrogens is 4. The maximum absolute atomic E-state index is 12.9. The van der Waals surface area contributed by atoms with Crippen molar-refractivity contribution in [1.82, 2.24) is 24.4 Å².